The summed E-state index contributed by atoms with van der Waals surface area (Å²) >= 11 is 5.29. The average Bonchev–Trinajstić information content (AvgIpc) is 2.54. The topological polar surface area (TPSA) is 42.8 Å². The van der Waals surface area contributed by atoms with Gasteiger partial charge in [-0.25, -0.2) is 4.98 Å². The van der Waals surface area contributed by atoms with E-state index in [9.17, 15) is 0 Å². The molecule has 17 heavy (non-hydrogen) atoms. The standard InChI is InChI=1S/C12H17N3OS/c1-8(2)16-5-4-15-11-10(14-12(15)17)6-9(3)7-13-11/h6-8H,4-5H2,1-3H3,(H,14,17). The van der Waals surface area contributed by atoms with Gasteiger partial charge in [0.2, 0.25) is 0 Å². The van der Waals surface area contributed by atoms with Crippen molar-refractivity contribution in [2.45, 2.75) is 33.4 Å². The summed E-state index contributed by atoms with van der Waals surface area (Å²) in [6.45, 7) is 7.44. The van der Waals surface area contributed by atoms with Crippen LogP contribution in [0.15, 0.2) is 12.3 Å². The summed E-state index contributed by atoms with van der Waals surface area (Å²) in [5.74, 6) is 0. The highest BCUT2D eigenvalue weighted by atomic mass is 32.1. The number of aryl methyl sites for hydroxylation is 1. The first kappa shape index (κ1) is 12.3. The van der Waals surface area contributed by atoms with Gasteiger partial charge in [-0.05, 0) is 44.6 Å². The summed E-state index contributed by atoms with van der Waals surface area (Å²) < 4.78 is 8.21. The van der Waals surface area contributed by atoms with Crippen molar-refractivity contribution >= 4 is 23.4 Å². The summed E-state index contributed by atoms with van der Waals surface area (Å²) in [5, 5.41) is 0. The largest absolute Gasteiger partial charge is 0.377 e. The number of hydrogen-bond donors (Lipinski definition) is 1. The van der Waals surface area contributed by atoms with Gasteiger partial charge in [-0.3, -0.25) is 4.57 Å². The van der Waals surface area contributed by atoms with Crippen LogP contribution in [0.1, 0.15) is 19.4 Å². The smallest absolute Gasteiger partial charge is 0.179 e. The third-order valence-corrected chi connectivity index (χ3v) is 2.83. The van der Waals surface area contributed by atoms with Gasteiger partial charge in [-0.1, -0.05) is 0 Å². The number of H-pyrrole nitrogens is 1. The van der Waals surface area contributed by atoms with Crippen LogP contribution in [-0.2, 0) is 11.3 Å². The van der Waals surface area contributed by atoms with E-state index < -0.39 is 0 Å². The molecule has 0 atom stereocenters. The lowest BCUT2D eigenvalue weighted by molar-refractivity contribution is 0.0730. The zero-order chi connectivity index (χ0) is 12.4. The third-order valence-electron chi connectivity index (χ3n) is 2.51. The molecule has 0 saturated heterocycles. The highest BCUT2D eigenvalue weighted by Gasteiger charge is 2.05. The molecule has 0 aliphatic rings. The van der Waals surface area contributed by atoms with E-state index in [1.165, 1.54) is 0 Å². The number of imidazole rings is 1. The second kappa shape index (κ2) is 4.98. The number of aromatic amines is 1. The Morgan fingerprint density at radius 2 is 2.29 bits per heavy atom. The Morgan fingerprint density at radius 3 is 3.00 bits per heavy atom. The molecule has 0 unspecified atom stereocenters. The van der Waals surface area contributed by atoms with Gasteiger partial charge in [0.05, 0.1) is 24.8 Å². The van der Waals surface area contributed by atoms with Gasteiger partial charge < -0.3 is 9.72 Å². The molecule has 0 aromatic carbocycles. The van der Waals surface area contributed by atoms with Crippen molar-refractivity contribution in [2.75, 3.05) is 6.61 Å². The molecule has 0 saturated carbocycles. The molecule has 0 radical (unpaired) electrons. The van der Waals surface area contributed by atoms with Crippen molar-refractivity contribution in [1.29, 1.82) is 0 Å². The number of hydrogen-bond acceptors (Lipinski definition) is 3. The third kappa shape index (κ3) is 2.73. The van der Waals surface area contributed by atoms with Crippen LogP contribution in [-0.4, -0.2) is 27.2 Å². The second-order valence-corrected chi connectivity index (χ2v) is 4.77. The Balaban J connectivity index is 2.27. The highest BCUT2D eigenvalue weighted by molar-refractivity contribution is 7.71. The lowest BCUT2D eigenvalue weighted by atomic mass is 10.3. The van der Waals surface area contributed by atoms with Crippen LogP contribution in [0.25, 0.3) is 11.2 Å². The van der Waals surface area contributed by atoms with Gasteiger partial charge in [-0.2, -0.15) is 0 Å². The number of nitrogens with zero attached hydrogens (tertiary/aromatic N) is 2. The summed E-state index contributed by atoms with van der Waals surface area (Å²) in [6, 6.07) is 2.05. The minimum Gasteiger partial charge on any atom is -0.377 e. The van der Waals surface area contributed by atoms with Crippen molar-refractivity contribution in [3.8, 4) is 0 Å². The molecule has 4 nitrogen and oxygen atoms in total. The van der Waals surface area contributed by atoms with Gasteiger partial charge in [0.15, 0.2) is 10.4 Å². The summed E-state index contributed by atoms with van der Waals surface area (Å²) in [5.41, 5.74) is 3.01. The van der Waals surface area contributed by atoms with Gasteiger partial charge >= 0.3 is 0 Å². The van der Waals surface area contributed by atoms with Crippen LogP contribution in [0.5, 0.6) is 0 Å². The maximum atomic E-state index is 5.53. The minimum atomic E-state index is 0.240. The monoisotopic (exact) mass is 251 g/mol. The quantitative estimate of drug-likeness (QED) is 0.850. The van der Waals surface area contributed by atoms with Crippen molar-refractivity contribution in [3.63, 3.8) is 0 Å². The fourth-order valence-electron chi connectivity index (χ4n) is 1.74. The van der Waals surface area contributed by atoms with E-state index in [4.69, 9.17) is 17.0 Å². The number of fused-ring (bicyclic) bond motifs is 1. The van der Waals surface area contributed by atoms with Crippen LogP contribution in [0.4, 0.5) is 0 Å². The fourth-order valence-corrected chi connectivity index (χ4v) is 2.02. The second-order valence-electron chi connectivity index (χ2n) is 4.39. The van der Waals surface area contributed by atoms with E-state index >= 15 is 0 Å². The first-order chi connectivity index (χ1) is 8.08. The van der Waals surface area contributed by atoms with E-state index in [1.807, 2.05) is 31.5 Å². The number of rotatable bonds is 4. The number of ether oxygens (including phenoxy) is 1. The molecule has 2 aromatic rings. The fraction of sp³-hybridized carbons (Fsp3) is 0.500. The maximum absolute atomic E-state index is 5.53. The number of pyridine rings is 1. The van der Waals surface area contributed by atoms with E-state index in [2.05, 4.69) is 16.0 Å². The Labute approximate surface area is 106 Å². The Hall–Kier alpha value is -1.20. The average molecular weight is 251 g/mol. The predicted molar refractivity (Wildman–Crippen MR) is 70.7 cm³/mol. The van der Waals surface area contributed by atoms with Crippen molar-refractivity contribution in [3.05, 3.63) is 22.6 Å². The molecule has 2 rings (SSSR count). The van der Waals surface area contributed by atoms with Crippen molar-refractivity contribution < 1.29 is 4.74 Å². The van der Waals surface area contributed by atoms with Gasteiger partial charge in [0.1, 0.15) is 0 Å². The molecule has 0 amide bonds. The summed E-state index contributed by atoms with van der Waals surface area (Å²) in [4.78, 5) is 7.57. The molecule has 1 N–H and O–H groups in total. The van der Waals surface area contributed by atoms with Gasteiger partial charge in [-0.15, -0.1) is 0 Å². The van der Waals surface area contributed by atoms with Crippen molar-refractivity contribution in [1.82, 2.24) is 14.5 Å². The van der Waals surface area contributed by atoms with Gasteiger partial charge in [0, 0.05) is 6.20 Å². The first-order valence-corrected chi connectivity index (χ1v) is 6.15. The van der Waals surface area contributed by atoms with Crippen LogP contribution in [0.3, 0.4) is 0 Å². The predicted octanol–water partition coefficient (Wildman–Crippen LogP) is 2.83. The molecule has 2 aromatic heterocycles. The van der Waals surface area contributed by atoms with E-state index in [1.54, 1.807) is 0 Å². The molecular weight excluding hydrogens is 234 g/mol. The summed E-state index contributed by atoms with van der Waals surface area (Å²) in [6.07, 6.45) is 2.09. The van der Waals surface area contributed by atoms with Crippen LogP contribution in [0.2, 0.25) is 0 Å². The molecular formula is C12H17N3OS. The molecule has 0 aliphatic heterocycles. The lowest BCUT2D eigenvalue weighted by Gasteiger charge is -2.08. The van der Waals surface area contributed by atoms with E-state index in [-0.39, 0.29) is 6.10 Å². The highest BCUT2D eigenvalue weighted by Crippen LogP contribution is 2.12. The maximum Gasteiger partial charge on any atom is 0.179 e. The number of aromatic nitrogens is 3. The molecule has 2 heterocycles. The van der Waals surface area contributed by atoms with E-state index in [0.29, 0.717) is 11.4 Å². The molecule has 0 aliphatic carbocycles. The Morgan fingerprint density at radius 1 is 1.53 bits per heavy atom. The zero-order valence-electron chi connectivity index (χ0n) is 10.4. The Bertz CT molecular complexity index is 571. The zero-order valence-corrected chi connectivity index (χ0v) is 11.2. The normalized spacial score (nSPS) is 11.5. The van der Waals surface area contributed by atoms with Crippen LogP contribution >= 0.6 is 12.2 Å². The number of nitrogens with one attached hydrogen (secondary N) is 1. The molecule has 0 fully saturated rings. The molecule has 5 heteroatoms. The molecule has 0 spiro atoms. The SMILES string of the molecule is Cc1cnc2c(c1)[nH]c(=S)n2CCOC(C)C. The minimum absolute atomic E-state index is 0.240. The summed E-state index contributed by atoms with van der Waals surface area (Å²) in [7, 11) is 0. The molecule has 0 bridgehead atoms. The van der Waals surface area contributed by atoms with Crippen molar-refractivity contribution in [2.24, 2.45) is 0 Å². The Kier molecular flexibility index (Phi) is 3.59. The van der Waals surface area contributed by atoms with E-state index in [0.717, 1.165) is 23.3 Å². The van der Waals surface area contributed by atoms with Crippen LogP contribution < -0.4 is 0 Å². The lowest BCUT2D eigenvalue weighted by Crippen LogP contribution is -2.10. The first-order valence-electron chi connectivity index (χ1n) is 5.74. The molecule has 92 valence electrons. The van der Waals surface area contributed by atoms with Gasteiger partial charge in [0.25, 0.3) is 0 Å². The van der Waals surface area contributed by atoms with Crippen LogP contribution in [0, 0.1) is 11.7 Å².